The minimum Gasteiger partial charge on any atom is -0.325 e. The average molecular weight is 325 g/mol. The first-order chi connectivity index (χ1) is 10.1. The topological polar surface area (TPSA) is 88.2 Å². The van der Waals surface area contributed by atoms with Gasteiger partial charge in [0.25, 0.3) is 0 Å². The number of rotatable bonds is 7. The molecule has 0 saturated carbocycles. The zero-order valence-electron chi connectivity index (χ0n) is 11.2. The number of aromatic nitrogens is 1. The van der Waals surface area contributed by atoms with E-state index in [1.807, 2.05) is 0 Å². The molecule has 0 aliphatic rings. The molecule has 0 radical (unpaired) electrons. The number of pyridine rings is 1. The quantitative estimate of drug-likeness (QED) is 0.760. The van der Waals surface area contributed by atoms with Crippen molar-refractivity contribution in [2.24, 2.45) is 0 Å². The molecule has 1 amide bonds. The van der Waals surface area contributed by atoms with E-state index in [1.165, 1.54) is 0 Å². The Bertz CT molecular complexity index is 670. The molecule has 112 valence electrons. The van der Waals surface area contributed by atoms with Gasteiger partial charge in [0.15, 0.2) is 0 Å². The number of amides is 1. The summed E-state index contributed by atoms with van der Waals surface area (Å²) in [6.45, 7) is 0.223. The van der Waals surface area contributed by atoms with Gasteiger partial charge >= 0.3 is 0 Å². The van der Waals surface area contributed by atoms with Gasteiger partial charge in [-0.2, -0.15) is 0 Å². The zero-order chi connectivity index (χ0) is 15.1. The predicted molar refractivity (Wildman–Crippen MR) is 81.6 cm³/mol. The number of nitrogens with one attached hydrogen (secondary N) is 2. The highest BCUT2D eigenvalue weighted by atomic mass is 32.2. The Kier molecular flexibility index (Phi) is 5.43. The van der Waals surface area contributed by atoms with Crippen LogP contribution in [0.25, 0.3) is 0 Å². The molecule has 0 unspecified atom stereocenters. The zero-order valence-corrected chi connectivity index (χ0v) is 12.8. The van der Waals surface area contributed by atoms with Crippen LogP contribution in [0.4, 0.5) is 5.69 Å². The van der Waals surface area contributed by atoms with E-state index in [9.17, 15) is 13.2 Å². The third-order valence-electron chi connectivity index (χ3n) is 2.58. The van der Waals surface area contributed by atoms with Gasteiger partial charge in [0.05, 0.1) is 11.9 Å². The molecule has 0 bridgehead atoms. The molecule has 0 saturated heterocycles. The summed E-state index contributed by atoms with van der Waals surface area (Å²) in [4.78, 5) is 15.5. The van der Waals surface area contributed by atoms with Gasteiger partial charge in [-0.05, 0) is 30.0 Å². The first kappa shape index (κ1) is 15.6. The summed E-state index contributed by atoms with van der Waals surface area (Å²) in [7, 11) is -3.45. The fraction of sp³-hybridized carbons (Fsp3) is 0.231. The minimum atomic E-state index is -3.45. The van der Waals surface area contributed by atoms with Gasteiger partial charge < -0.3 is 5.32 Å². The molecule has 8 heteroatoms. The molecular weight excluding hydrogens is 310 g/mol. The van der Waals surface area contributed by atoms with E-state index in [-0.39, 0.29) is 23.1 Å². The van der Waals surface area contributed by atoms with E-state index in [1.54, 1.807) is 42.0 Å². The second-order valence-electron chi connectivity index (χ2n) is 4.22. The minimum absolute atomic E-state index is 0.168. The molecule has 0 spiro atoms. The standard InChI is InChI=1S/C13H15N3O3S2/c17-12(16-11-4-1-7-14-10-11)5-2-8-15-21(18,19)13-6-3-9-20-13/h1,3-4,6-7,9-10,15H,2,5,8H2,(H,16,17). The van der Waals surface area contributed by atoms with E-state index in [0.717, 1.165) is 11.3 Å². The summed E-state index contributed by atoms with van der Waals surface area (Å²) < 4.78 is 26.4. The van der Waals surface area contributed by atoms with E-state index in [2.05, 4.69) is 15.0 Å². The maximum Gasteiger partial charge on any atom is 0.250 e. The van der Waals surface area contributed by atoms with Crippen LogP contribution in [0.5, 0.6) is 0 Å². The van der Waals surface area contributed by atoms with Gasteiger partial charge in [-0.1, -0.05) is 6.07 Å². The third kappa shape index (κ3) is 4.92. The lowest BCUT2D eigenvalue weighted by molar-refractivity contribution is -0.116. The molecule has 0 aromatic carbocycles. The largest absolute Gasteiger partial charge is 0.325 e. The summed E-state index contributed by atoms with van der Waals surface area (Å²) in [5, 5.41) is 4.39. The van der Waals surface area contributed by atoms with Gasteiger partial charge in [-0.15, -0.1) is 11.3 Å². The number of sulfonamides is 1. The number of carbonyl (C=O) groups is 1. The Morgan fingerprint density at radius 3 is 2.81 bits per heavy atom. The van der Waals surface area contributed by atoms with Gasteiger partial charge in [-0.25, -0.2) is 13.1 Å². The van der Waals surface area contributed by atoms with Crippen LogP contribution in [-0.4, -0.2) is 25.9 Å². The smallest absolute Gasteiger partial charge is 0.250 e. The van der Waals surface area contributed by atoms with Crippen LogP contribution in [0.15, 0.2) is 46.2 Å². The SMILES string of the molecule is O=C(CCCNS(=O)(=O)c1cccs1)Nc1cccnc1. The Balaban J connectivity index is 1.71. The fourth-order valence-electron chi connectivity index (χ4n) is 1.60. The van der Waals surface area contributed by atoms with Gasteiger partial charge in [0, 0.05) is 19.2 Å². The van der Waals surface area contributed by atoms with Crippen LogP contribution in [-0.2, 0) is 14.8 Å². The molecule has 6 nitrogen and oxygen atoms in total. The van der Waals surface area contributed by atoms with E-state index < -0.39 is 10.0 Å². The normalized spacial score (nSPS) is 11.2. The van der Waals surface area contributed by atoms with Crippen molar-refractivity contribution in [3.63, 3.8) is 0 Å². The summed E-state index contributed by atoms with van der Waals surface area (Å²) >= 11 is 1.16. The van der Waals surface area contributed by atoms with Crippen LogP contribution in [0.1, 0.15) is 12.8 Å². The van der Waals surface area contributed by atoms with Crippen molar-refractivity contribution < 1.29 is 13.2 Å². The van der Waals surface area contributed by atoms with Crippen molar-refractivity contribution in [1.82, 2.24) is 9.71 Å². The number of hydrogen-bond donors (Lipinski definition) is 2. The van der Waals surface area contributed by atoms with Crippen molar-refractivity contribution >= 4 is 33.0 Å². The van der Waals surface area contributed by atoms with Crippen LogP contribution >= 0.6 is 11.3 Å². The van der Waals surface area contributed by atoms with Crippen molar-refractivity contribution in [1.29, 1.82) is 0 Å². The first-order valence-electron chi connectivity index (χ1n) is 6.31. The molecular formula is C13H15N3O3S2. The predicted octanol–water partition coefficient (Wildman–Crippen LogP) is 1.84. The monoisotopic (exact) mass is 325 g/mol. The molecule has 2 aromatic rings. The Labute approximate surface area is 127 Å². The van der Waals surface area contributed by atoms with Crippen LogP contribution in [0.3, 0.4) is 0 Å². The van der Waals surface area contributed by atoms with E-state index in [4.69, 9.17) is 0 Å². The second kappa shape index (κ2) is 7.30. The lowest BCUT2D eigenvalue weighted by atomic mass is 10.3. The maximum absolute atomic E-state index is 11.8. The lowest BCUT2D eigenvalue weighted by Gasteiger charge is -2.06. The number of hydrogen-bond acceptors (Lipinski definition) is 5. The summed E-state index contributed by atoms with van der Waals surface area (Å²) in [6.07, 6.45) is 3.84. The maximum atomic E-state index is 11.8. The highest BCUT2D eigenvalue weighted by Gasteiger charge is 2.14. The van der Waals surface area contributed by atoms with Crippen molar-refractivity contribution in [2.45, 2.75) is 17.1 Å². The van der Waals surface area contributed by atoms with E-state index in [0.29, 0.717) is 12.1 Å². The van der Waals surface area contributed by atoms with Crippen molar-refractivity contribution in [2.75, 3.05) is 11.9 Å². The first-order valence-corrected chi connectivity index (χ1v) is 8.67. The Morgan fingerprint density at radius 1 is 1.29 bits per heavy atom. The molecule has 21 heavy (non-hydrogen) atoms. The number of thiophene rings is 1. The van der Waals surface area contributed by atoms with Gasteiger partial charge in [0.2, 0.25) is 15.9 Å². The van der Waals surface area contributed by atoms with Crippen LogP contribution in [0, 0.1) is 0 Å². The molecule has 0 atom stereocenters. The number of nitrogens with zero attached hydrogens (tertiary/aromatic N) is 1. The van der Waals surface area contributed by atoms with Crippen LogP contribution in [0.2, 0.25) is 0 Å². The molecule has 0 fully saturated rings. The Morgan fingerprint density at radius 2 is 2.14 bits per heavy atom. The molecule has 2 aromatic heterocycles. The molecule has 2 heterocycles. The molecule has 2 rings (SSSR count). The average Bonchev–Trinajstić information content (AvgIpc) is 3.00. The molecule has 0 aliphatic carbocycles. The molecule has 0 aliphatic heterocycles. The molecule has 2 N–H and O–H groups in total. The third-order valence-corrected chi connectivity index (χ3v) is 5.44. The second-order valence-corrected chi connectivity index (χ2v) is 7.16. The Hall–Kier alpha value is -1.77. The summed E-state index contributed by atoms with van der Waals surface area (Å²) in [6, 6.07) is 6.69. The summed E-state index contributed by atoms with van der Waals surface area (Å²) in [5.41, 5.74) is 0.627. The highest BCUT2D eigenvalue weighted by Crippen LogP contribution is 2.15. The lowest BCUT2D eigenvalue weighted by Crippen LogP contribution is -2.25. The van der Waals surface area contributed by atoms with Gasteiger partial charge in [0.1, 0.15) is 4.21 Å². The fourth-order valence-corrected chi connectivity index (χ4v) is 3.71. The highest BCUT2D eigenvalue weighted by molar-refractivity contribution is 7.91. The van der Waals surface area contributed by atoms with E-state index >= 15 is 0 Å². The van der Waals surface area contributed by atoms with Crippen molar-refractivity contribution in [3.8, 4) is 0 Å². The number of carbonyl (C=O) groups excluding carboxylic acids is 1. The number of anilines is 1. The van der Waals surface area contributed by atoms with Gasteiger partial charge in [-0.3, -0.25) is 9.78 Å². The van der Waals surface area contributed by atoms with Crippen molar-refractivity contribution in [3.05, 3.63) is 42.0 Å². The summed E-state index contributed by atoms with van der Waals surface area (Å²) in [5.74, 6) is -0.168. The van der Waals surface area contributed by atoms with Crippen LogP contribution < -0.4 is 10.0 Å².